The molecule has 0 spiro atoms. The van der Waals surface area contributed by atoms with Crippen LogP contribution in [0.4, 0.5) is 0 Å². The molecule has 3 aromatic carbocycles. The van der Waals surface area contributed by atoms with Crippen molar-refractivity contribution >= 4 is 17.4 Å². The number of carbonyl (C=O) groups is 1. The lowest BCUT2D eigenvalue weighted by Crippen LogP contribution is -2.25. The molecule has 2 heteroatoms. The minimum Gasteiger partial charge on any atom is -0.291 e. The topological polar surface area (TPSA) is 17.1 Å². The van der Waals surface area contributed by atoms with E-state index in [1.807, 2.05) is 54.6 Å². The lowest BCUT2D eigenvalue weighted by Gasteiger charge is -2.33. The van der Waals surface area contributed by atoms with Crippen LogP contribution in [0.3, 0.4) is 0 Å². The number of hydrogen-bond acceptors (Lipinski definition) is 2. The molecule has 0 aliphatic carbocycles. The summed E-state index contributed by atoms with van der Waals surface area (Å²) in [6.45, 7) is 0. The van der Waals surface area contributed by atoms with Gasteiger partial charge in [-0.1, -0.05) is 103 Å². The molecule has 0 bridgehead atoms. The molecule has 0 radical (unpaired) electrons. The van der Waals surface area contributed by atoms with Crippen LogP contribution in [0.1, 0.15) is 16.7 Å². The first-order valence-electron chi connectivity index (χ1n) is 7.16. The highest BCUT2D eigenvalue weighted by atomic mass is 32.2. The maximum Gasteiger partial charge on any atom is 0.177 e. The molecule has 3 rings (SSSR count). The van der Waals surface area contributed by atoms with Crippen LogP contribution >= 0.6 is 11.8 Å². The van der Waals surface area contributed by atoms with Crippen molar-refractivity contribution in [2.45, 2.75) is 4.75 Å². The molecular weight excluding hydrogens is 288 g/mol. The third kappa shape index (κ3) is 2.58. The quantitative estimate of drug-likeness (QED) is 0.492. The monoisotopic (exact) mass is 304 g/mol. The van der Waals surface area contributed by atoms with Crippen molar-refractivity contribution in [3.05, 3.63) is 108 Å². The van der Waals surface area contributed by atoms with E-state index in [-0.39, 0.29) is 0 Å². The molecule has 0 saturated carbocycles. The molecule has 0 saturated heterocycles. The minimum atomic E-state index is -0.522. The summed E-state index contributed by atoms with van der Waals surface area (Å²) in [7, 11) is 0. The van der Waals surface area contributed by atoms with Crippen LogP contribution in [0.15, 0.2) is 91.0 Å². The van der Waals surface area contributed by atoms with Gasteiger partial charge in [0.05, 0.1) is 4.75 Å². The number of carbonyl (C=O) groups excluding carboxylic acids is 1. The second-order valence-electron chi connectivity index (χ2n) is 4.99. The summed E-state index contributed by atoms with van der Waals surface area (Å²) >= 11 is 1.30. The fourth-order valence-electron chi connectivity index (χ4n) is 2.79. The van der Waals surface area contributed by atoms with Gasteiger partial charge in [0.15, 0.2) is 5.62 Å². The van der Waals surface area contributed by atoms with Crippen LogP contribution in [-0.2, 0) is 9.54 Å². The molecule has 0 atom stereocenters. The number of benzene rings is 3. The smallest absolute Gasteiger partial charge is 0.177 e. The second-order valence-corrected chi connectivity index (χ2v) is 6.03. The first-order valence-corrected chi connectivity index (χ1v) is 8.04. The highest BCUT2D eigenvalue weighted by Crippen LogP contribution is 2.47. The van der Waals surface area contributed by atoms with Crippen LogP contribution in [-0.4, -0.2) is 5.62 Å². The molecule has 0 heterocycles. The lowest BCUT2D eigenvalue weighted by molar-refractivity contribution is 0.569. The van der Waals surface area contributed by atoms with Crippen molar-refractivity contribution in [2.75, 3.05) is 0 Å². The van der Waals surface area contributed by atoms with Gasteiger partial charge >= 0.3 is 0 Å². The Bertz CT molecular complexity index is 627. The van der Waals surface area contributed by atoms with Gasteiger partial charge in [0.2, 0.25) is 0 Å². The zero-order valence-electron chi connectivity index (χ0n) is 12.1. The maximum absolute atomic E-state index is 11.5. The van der Waals surface area contributed by atoms with Crippen LogP contribution in [0.5, 0.6) is 0 Å². The summed E-state index contributed by atoms with van der Waals surface area (Å²) in [6, 6.07) is 30.6. The van der Waals surface area contributed by atoms with E-state index >= 15 is 0 Å². The van der Waals surface area contributed by atoms with Crippen molar-refractivity contribution in [3.63, 3.8) is 0 Å². The molecule has 0 N–H and O–H groups in total. The molecule has 3 aromatic rings. The summed E-state index contributed by atoms with van der Waals surface area (Å²) in [5, 5.41) is 0. The van der Waals surface area contributed by atoms with E-state index in [1.165, 1.54) is 11.8 Å². The average Bonchev–Trinajstić information content (AvgIpc) is 2.62. The molecule has 22 heavy (non-hydrogen) atoms. The van der Waals surface area contributed by atoms with Gasteiger partial charge in [0.25, 0.3) is 0 Å². The molecule has 0 aliphatic rings. The SMILES string of the molecule is O=CSC(c1ccccc1)(c1ccccc1)c1ccccc1. The van der Waals surface area contributed by atoms with E-state index in [0.717, 1.165) is 22.3 Å². The van der Waals surface area contributed by atoms with Gasteiger partial charge in [-0.2, -0.15) is 0 Å². The van der Waals surface area contributed by atoms with Crippen LogP contribution in [0.2, 0.25) is 0 Å². The highest BCUT2D eigenvalue weighted by molar-refractivity contribution is 8.13. The molecule has 108 valence electrons. The Balaban J connectivity index is 2.31. The fourth-order valence-corrected chi connectivity index (χ4v) is 3.76. The van der Waals surface area contributed by atoms with Crippen molar-refractivity contribution in [1.29, 1.82) is 0 Å². The van der Waals surface area contributed by atoms with Crippen molar-refractivity contribution in [2.24, 2.45) is 0 Å². The predicted molar refractivity (Wildman–Crippen MR) is 93.5 cm³/mol. The Morgan fingerprint density at radius 2 is 0.909 bits per heavy atom. The molecule has 0 aromatic heterocycles. The van der Waals surface area contributed by atoms with Gasteiger partial charge in [-0.15, -0.1) is 0 Å². The van der Waals surface area contributed by atoms with Crippen LogP contribution < -0.4 is 0 Å². The number of thioether (sulfide) groups is 1. The standard InChI is InChI=1S/C20H16OS/c21-16-22-20(17-10-4-1-5-11-17,18-12-6-2-7-13-18)19-14-8-3-9-15-19/h1-16H. The Morgan fingerprint density at radius 1 is 0.591 bits per heavy atom. The summed E-state index contributed by atoms with van der Waals surface area (Å²) in [4.78, 5) is 11.5. The number of rotatable bonds is 5. The highest BCUT2D eigenvalue weighted by Gasteiger charge is 2.36. The summed E-state index contributed by atoms with van der Waals surface area (Å²) in [6.07, 6.45) is 0. The average molecular weight is 304 g/mol. The Labute approximate surface area is 135 Å². The molecule has 1 nitrogen and oxygen atoms in total. The van der Waals surface area contributed by atoms with E-state index in [4.69, 9.17) is 0 Å². The number of hydrogen-bond donors (Lipinski definition) is 0. The van der Waals surface area contributed by atoms with Crippen molar-refractivity contribution in [3.8, 4) is 0 Å². The predicted octanol–water partition coefficient (Wildman–Crippen LogP) is 4.90. The third-order valence-corrected chi connectivity index (χ3v) is 4.92. The first kappa shape index (κ1) is 14.6. The lowest BCUT2D eigenvalue weighted by atomic mass is 9.84. The molecule has 0 amide bonds. The van der Waals surface area contributed by atoms with Gasteiger partial charge < -0.3 is 0 Å². The summed E-state index contributed by atoms with van der Waals surface area (Å²) in [5.41, 5.74) is 4.24. The van der Waals surface area contributed by atoms with Gasteiger partial charge in [-0.3, -0.25) is 4.79 Å². The van der Waals surface area contributed by atoms with Crippen LogP contribution in [0.25, 0.3) is 0 Å². The summed E-state index contributed by atoms with van der Waals surface area (Å²) in [5.74, 6) is 0. The minimum absolute atomic E-state index is 0.522. The van der Waals surface area contributed by atoms with Crippen LogP contribution in [0, 0.1) is 0 Å². The Morgan fingerprint density at radius 3 is 1.18 bits per heavy atom. The molecule has 0 aliphatic heterocycles. The normalized spacial score (nSPS) is 11.1. The molecule has 0 fully saturated rings. The maximum atomic E-state index is 11.5. The van der Waals surface area contributed by atoms with E-state index in [9.17, 15) is 4.79 Å². The second kappa shape index (κ2) is 6.63. The fraction of sp³-hybridized carbons (Fsp3) is 0.0500. The van der Waals surface area contributed by atoms with Crippen molar-refractivity contribution < 1.29 is 4.79 Å². The largest absolute Gasteiger partial charge is 0.291 e. The van der Waals surface area contributed by atoms with Gasteiger partial charge in [-0.25, -0.2) is 0 Å². The van der Waals surface area contributed by atoms with Gasteiger partial charge in [0.1, 0.15) is 0 Å². The van der Waals surface area contributed by atoms with Gasteiger partial charge in [0, 0.05) is 0 Å². The Kier molecular flexibility index (Phi) is 4.40. The summed E-state index contributed by atoms with van der Waals surface area (Å²) < 4.78 is -0.522. The van der Waals surface area contributed by atoms with E-state index in [0.29, 0.717) is 0 Å². The van der Waals surface area contributed by atoms with E-state index < -0.39 is 4.75 Å². The zero-order valence-corrected chi connectivity index (χ0v) is 12.9. The molecule has 0 unspecified atom stereocenters. The van der Waals surface area contributed by atoms with Gasteiger partial charge in [-0.05, 0) is 16.7 Å². The van der Waals surface area contributed by atoms with E-state index in [1.54, 1.807) is 0 Å². The van der Waals surface area contributed by atoms with Crippen molar-refractivity contribution in [1.82, 2.24) is 0 Å². The first-order chi connectivity index (χ1) is 10.9. The Hall–Kier alpha value is -2.32. The third-order valence-electron chi connectivity index (χ3n) is 3.77. The zero-order chi connectivity index (χ0) is 15.3. The van der Waals surface area contributed by atoms with E-state index in [2.05, 4.69) is 36.4 Å². The molecular formula is C20H16OS.